The average Bonchev–Trinajstić information content (AvgIpc) is 3.00. The van der Waals surface area contributed by atoms with Gasteiger partial charge in [0, 0.05) is 23.1 Å². The molecule has 0 saturated heterocycles. The van der Waals surface area contributed by atoms with Crippen LogP contribution in [0, 0.1) is 0 Å². The number of aliphatic imine (C=N–C) groups is 1. The summed E-state index contributed by atoms with van der Waals surface area (Å²) in [5.74, 6) is 0.810. The van der Waals surface area contributed by atoms with Gasteiger partial charge in [-0.05, 0) is 24.3 Å². The Bertz CT molecular complexity index is 1030. The number of nitrogens with zero attached hydrogens (tertiary/aromatic N) is 3. The minimum Gasteiger partial charge on any atom is -0.384 e. The summed E-state index contributed by atoms with van der Waals surface area (Å²) < 4.78 is 2.04. The number of aromatic nitrogens is 2. The zero-order valence-electron chi connectivity index (χ0n) is 14.3. The first-order valence-corrected chi connectivity index (χ1v) is 8.75. The van der Waals surface area contributed by atoms with Gasteiger partial charge in [0.05, 0.1) is 11.0 Å². The van der Waals surface area contributed by atoms with E-state index in [0.29, 0.717) is 10.9 Å². The summed E-state index contributed by atoms with van der Waals surface area (Å²) in [6.45, 7) is 2.06. The summed E-state index contributed by atoms with van der Waals surface area (Å²) in [7, 11) is 0. The molecular weight excluding hydrogens is 348 g/mol. The molecule has 0 fully saturated rings. The number of aryl methyl sites for hydroxylation is 1. The number of fused-ring (bicyclic) bond motifs is 1. The Balaban J connectivity index is 1.84. The van der Waals surface area contributed by atoms with Gasteiger partial charge >= 0.3 is 0 Å². The summed E-state index contributed by atoms with van der Waals surface area (Å²) in [5, 5.41) is 3.95. The molecule has 1 atom stereocenters. The van der Waals surface area contributed by atoms with Gasteiger partial charge in [-0.2, -0.15) is 0 Å². The Hall–Kier alpha value is -2.83. The monoisotopic (exact) mass is 366 g/mol. The van der Waals surface area contributed by atoms with Crippen molar-refractivity contribution in [3.05, 3.63) is 71.0 Å². The fourth-order valence-electron chi connectivity index (χ4n) is 3.18. The number of rotatable bonds is 3. The van der Waals surface area contributed by atoms with Crippen LogP contribution in [-0.4, -0.2) is 15.4 Å². The van der Waals surface area contributed by atoms with E-state index in [1.165, 1.54) is 0 Å². The molecule has 7 heteroatoms. The van der Waals surface area contributed by atoms with E-state index in [1.54, 1.807) is 18.2 Å². The highest BCUT2D eigenvalue weighted by Gasteiger charge is 2.32. The molecule has 2 heterocycles. The van der Waals surface area contributed by atoms with Crippen LogP contribution in [0.4, 0.5) is 0 Å². The molecule has 0 amide bonds. The van der Waals surface area contributed by atoms with Crippen LogP contribution in [0.3, 0.4) is 0 Å². The number of halogens is 1. The quantitative estimate of drug-likeness (QED) is 0.664. The highest BCUT2D eigenvalue weighted by atomic mass is 35.5. The lowest BCUT2D eigenvalue weighted by atomic mass is 10.1. The third-order valence-corrected chi connectivity index (χ3v) is 4.63. The van der Waals surface area contributed by atoms with Gasteiger partial charge in [0.2, 0.25) is 5.79 Å². The Morgan fingerprint density at radius 3 is 2.62 bits per heavy atom. The van der Waals surface area contributed by atoms with E-state index >= 15 is 0 Å². The van der Waals surface area contributed by atoms with Gasteiger partial charge in [0.15, 0.2) is 0 Å². The second kappa shape index (κ2) is 6.16. The fraction of sp³-hybridized carbons (Fsp3) is 0.158. The van der Waals surface area contributed by atoms with Crippen LogP contribution in [0.25, 0.3) is 16.9 Å². The molecule has 3 aromatic rings. The van der Waals surface area contributed by atoms with Crippen LogP contribution >= 0.6 is 11.6 Å². The van der Waals surface area contributed by atoms with Crippen molar-refractivity contribution in [1.29, 1.82) is 0 Å². The van der Waals surface area contributed by atoms with Crippen LogP contribution in [0.1, 0.15) is 18.3 Å². The van der Waals surface area contributed by atoms with Crippen LogP contribution in [0.5, 0.6) is 0 Å². The van der Waals surface area contributed by atoms with E-state index in [1.807, 2.05) is 41.0 Å². The van der Waals surface area contributed by atoms with E-state index in [4.69, 9.17) is 28.1 Å². The van der Waals surface area contributed by atoms with Crippen LogP contribution < -0.4 is 16.8 Å². The van der Waals surface area contributed by atoms with Crippen molar-refractivity contribution < 1.29 is 0 Å². The Labute approximate surface area is 156 Å². The molecule has 0 bridgehead atoms. The van der Waals surface area contributed by atoms with Crippen molar-refractivity contribution >= 4 is 34.3 Å². The zero-order valence-corrected chi connectivity index (χ0v) is 15.0. The van der Waals surface area contributed by atoms with E-state index in [0.717, 1.165) is 34.7 Å². The van der Waals surface area contributed by atoms with Gasteiger partial charge < -0.3 is 11.1 Å². The molecule has 0 aliphatic carbocycles. The molecule has 26 heavy (non-hydrogen) atoms. The number of amidine groups is 1. The van der Waals surface area contributed by atoms with Crippen LogP contribution in [-0.2, 0) is 12.2 Å². The van der Waals surface area contributed by atoms with E-state index in [-0.39, 0.29) is 0 Å². The van der Waals surface area contributed by atoms with Crippen LogP contribution in [0.15, 0.2) is 59.6 Å². The molecule has 1 aliphatic rings. The number of nitrogens with two attached hydrogens (primary N) is 2. The maximum Gasteiger partial charge on any atom is 0.212 e. The molecule has 0 spiro atoms. The number of hydrogen-bond acceptors (Lipinski definition) is 5. The molecule has 1 aromatic heterocycles. The number of benzene rings is 2. The lowest BCUT2D eigenvalue weighted by molar-refractivity contribution is 0.410. The third-order valence-electron chi connectivity index (χ3n) is 4.38. The number of hydrogen-bond donors (Lipinski definition) is 3. The molecular formula is C19H19ClN6. The summed E-state index contributed by atoms with van der Waals surface area (Å²) in [6, 6.07) is 15.2. The minimum atomic E-state index is -1.19. The molecule has 0 saturated carbocycles. The number of imidazole rings is 1. The van der Waals surface area contributed by atoms with Crippen LogP contribution in [0.2, 0.25) is 5.02 Å². The summed E-state index contributed by atoms with van der Waals surface area (Å²) in [5.41, 5.74) is 15.3. The van der Waals surface area contributed by atoms with Gasteiger partial charge in [-0.25, -0.2) is 9.98 Å². The number of para-hydroxylation sites is 2. The van der Waals surface area contributed by atoms with E-state index in [9.17, 15) is 0 Å². The molecule has 1 aliphatic heterocycles. The number of nitrogens with one attached hydrogen (secondary N) is 1. The first-order valence-electron chi connectivity index (χ1n) is 8.37. The standard InChI is InChI=1S/C19H19ClN6/c1-2-17-23-14-5-3-4-6-15(14)26(17)18-11-16(21)24-19(22,25-18)12-7-9-13(20)10-8-12/h3-11,25H,2,22H2,1H3,(H2,21,24). The lowest BCUT2D eigenvalue weighted by Crippen LogP contribution is -2.52. The lowest BCUT2D eigenvalue weighted by Gasteiger charge is -2.33. The molecule has 1 unspecified atom stereocenters. The zero-order chi connectivity index (χ0) is 18.3. The van der Waals surface area contributed by atoms with Gasteiger partial charge in [0.1, 0.15) is 17.5 Å². The second-order valence-corrected chi connectivity index (χ2v) is 6.61. The molecule has 5 N–H and O–H groups in total. The first kappa shape index (κ1) is 16.6. The molecule has 4 rings (SSSR count). The van der Waals surface area contributed by atoms with Gasteiger partial charge in [-0.3, -0.25) is 10.3 Å². The second-order valence-electron chi connectivity index (χ2n) is 6.17. The van der Waals surface area contributed by atoms with E-state index < -0.39 is 5.79 Å². The molecule has 6 nitrogen and oxygen atoms in total. The SMILES string of the molecule is CCc1nc2ccccc2n1C1=CC(N)=NC(N)(c2ccc(Cl)cc2)N1. The van der Waals surface area contributed by atoms with Crippen molar-refractivity contribution in [2.75, 3.05) is 0 Å². The van der Waals surface area contributed by atoms with Crippen molar-refractivity contribution in [3.8, 4) is 0 Å². The van der Waals surface area contributed by atoms with Crippen molar-refractivity contribution in [2.24, 2.45) is 16.5 Å². The Morgan fingerprint density at radius 2 is 1.88 bits per heavy atom. The molecule has 0 radical (unpaired) electrons. The fourth-order valence-corrected chi connectivity index (χ4v) is 3.30. The highest BCUT2D eigenvalue weighted by Crippen LogP contribution is 2.27. The Morgan fingerprint density at radius 1 is 1.15 bits per heavy atom. The largest absolute Gasteiger partial charge is 0.384 e. The minimum absolute atomic E-state index is 0.344. The van der Waals surface area contributed by atoms with Gasteiger partial charge in [-0.1, -0.05) is 42.8 Å². The summed E-state index contributed by atoms with van der Waals surface area (Å²) >= 11 is 5.99. The predicted octanol–water partition coefficient (Wildman–Crippen LogP) is 2.78. The van der Waals surface area contributed by atoms with Crippen molar-refractivity contribution in [2.45, 2.75) is 19.1 Å². The maximum atomic E-state index is 6.56. The van der Waals surface area contributed by atoms with Gasteiger partial charge in [-0.15, -0.1) is 0 Å². The van der Waals surface area contributed by atoms with Gasteiger partial charge in [0.25, 0.3) is 0 Å². The topological polar surface area (TPSA) is 94.2 Å². The third kappa shape index (κ3) is 2.73. The summed E-state index contributed by atoms with van der Waals surface area (Å²) in [4.78, 5) is 9.12. The maximum absolute atomic E-state index is 6.56. The van der Waals surface area contributed by atoms with Crippen molar-refractivity contribution in [1.82, 2.24) is 14.9 Å². The first-order chi connectivity index (χ1) is 12.5. The average molecular weight is 367 g/mol. The molecule has 2 aromatic carbocycles. The Kier molecular flexibility index (Phi) is 3.94. The smallest absolute Gasteiger partial charge is 0.212 e. The van der Waals surface area contributed by atoms with E-state index in [2.05, 4.69) is 17.2 Å². The molecule has 132 valence electrons. The summed E-state index contributed by atoms with van der Waals surface area (Å²) in [6.07, 6.45) is 2.54. The normalized spacial score (nSPS) is 19.8. The van der Waals surface area contributed by atoms with Crippen molar-refractivity contribution in [3.63, 3.8) is 0 Å². The highest BCUT2D eigenvalue weighted by molar-refractivity contribution is 6.30. The predicted molar refractivity (Wildman–Crippen MR) is 105 cm³/mol.